The quantitative estimate of drug-likeness (QED) is 0.727. The largest absolute Gasteiger partial charge is 0.334 e. The molecule has 1 fully saturated rings. The van der Waals surface area contributed by atoms with E-state index in [0.29, 0.717) is 5.56 Å². The molecule has 0 unspecified atom stereocenters. The summed E-state index contributed by atoms with van der Waals surface area (Å²) in [6.07, 6.45) is 8.80. The molecule has 134 valence electrons. The number of para-hydroxylation sites is 1. The summed E-state index contributed by atoms with van der Waals surface area (Å²) in [6.45, 7) is 3.43. The molecule has 0 spiro atoms. The van der Waals surface area contributed by atoms with Crippen LogP contribution in [0.4, 0.5) is 0 Å². The molecule has 0 N–H and O–H groups in total. The Morgan fingerprint density at radius 3 is 2.81 bits per heavy atom. The van der Waals surface area contributed by atoms with E-state index >= 15 is 0 Å². The van der Waals surface area contributed by atoms with Gasteiger partial charge in [-0.15, -0.1) is 0 Å². The van der Waals surface area contributed by atoms with Crippen LogP contribution in [0.2, 0.25) is 0 Å². The van der Waals surface area contributed by atoms with Crippen molar-refractivity contribution < 1.29 is 4.79 Å². The van der Waals surface area contributed by atoms with Gasteiger partial charge in [0.15, 0.2) is 0 Å². The van der Waals surface area contributed by atoms with Gasteiger partial charge in [-0.05, 0) is 44.4 Å². The van der Waals surface area contributed by atoms with Crippen molar-refractivity contribution in [2.24, 2.45) is 0 Å². The van der Waals surface area contributed by atoms with Crippen LogP contribution in [0.5, 0.6) is 0 Å². The predicted octanol–water partition coefficient (Wildman–Crippen LogP) is 3.07. The van der Waals surface area contributed by atoms with Gasteiger partial charge in [0.05, 0.1) is 29.5 Å². The van der Waals surface area contributed by atoms with Crippen LogP contribution >= 0.6 is 0 Å². The van der Waals surface area contributed by atoms with Crippen molar-refractivity contribution in [3.8, 4) is 5.69 Å². The first-order valence-corrected chi connectivity index (χ1v) is 9.12. The number of nitrogens with zero attached hydrogens (tertiary/aromatic N) is 5. The van der Waals surface area contributed by atoms with E-state index in [4.69, 9.17) is 0 Å². The molecule has 6 heteroatoms. The minimum atomic E-state index is 0.0709. The number of hydrogen-bond donors (Lipinski definition) is 0. The molecule has 1 atom stereocenters. The molecule has 0 saturated carbocycles. The van der Waals surface area contributed by atoms with Crippen molar-refractivity contribution in [3.63, 3.8) is 0 Å². The fourth-order valence-corrected chi connectivity index (χ4v) is 3.62. The average molecular weight is 349 g/mol. The highest BCUT2D eigenvalue weighted by Gasteiger charge is 2.29. The molecule has 6 nitrogen and oxygen atoms in total. The number of aromatic nitrogens is 4. The Hall–Kier alpha value is -2.89. The van der Waals surface area contributed by atoms with Crippen LogP contribution in [-0.4, -0.2) is 43.0 Å². The molecule has 1 aromatic carbocycles. The van der Waals surface area contributed by atoms with Crippen molar-refractivity contribution >= 4 is 5.91 Å². The Labute approximate surface area is 153 Å². The van der Waals surface area contributed by atoms with E-state index in [9.17, 15) is 4.79 Å². The highest BCUT2D eigenvalue weighted by Crippen LogP contribution is 2.22. The normalized spacial score (nSPS) is 17.4. The Balaban J connectivity index is 1.58. The van der Waals surface area contributed by atoms with Crippen LogP contribution in [0, 0.1) is 6.92 Å². The molecule has 1 aliphatic heterocycles. The van der Waals surface area contributed by atoms with Crippen molar-refractivity contribution in [1.29, 1.82) is 0 Å². The van der Waals surface area contributed by atoms with Crippen molar-refractivity contribution in [1.82, 2.24) is 24.5 Å². The van der Waals surface area contributed by atoms with E-state index < -0.39 is 0 Å². The van der Waals surface area contributed by atoms with E-state index in [2.05, 4.69) is 10.2 Å². The van der Waals surface area contributed by atoms with E-state index in [0.717, 1.165) is 43.7 Å². The summed E-state index contributed by atoms with van der Waals surface area (Å²) < 4.78 is 3.70. The van der Waals surface area contributed by atoms with Gasteiger partial charge in [-0.2, -0.15) is 10.2 Å². The number of carbonyl (C=O) groups excluding carboxylic acids is 1. The van der Waals surface area contributed by atoms with Crippen molar-refractivity contribution in [2.45, 2.75) is 38.8 Å². The van der Waals surface area contributed by atoms with Gasteiger partial charge < -0.3 is 4.90 Å². The molecular formula is C20H23N5O. The molecule has 0 radical (unpaired) electrons. The first-order valence-electron chi connectivity index (χ1n) is 9.12. The summed E-state index contributed by atoms with van der Waals surface area (Å²) in [7, 11) is 0. The van der Waals surface area contributed by atoms with Crippen LogP contribution in [0.1, 0.15) is 35.3 Å². The summed E-state index contributed by atoms with van der Waals surface area (Å²) in [4.78, 5) is 15.3. The van der Waals surface area contributed by atoms with Gasteiger partial charge >= 0.3 is 0 Å². The number of piperidine rings is 1. The molecule has 1 amide bonds. The number of aryl methyl sites for hydroxylation is 1. The molecule has 3 heterocycles. The third-order valence-electron chi connectivity index (χ3n) is 5.00. The third-order valence-corrected chi connectivity index (χ3v) is 5.00. The molecule has 1 saturated heterocycles. The summed E-state index contributed by atoms with van der Waals surface area (Å²) in [5.41, 5.74) is 2.41. The molecule has 3 aromatic rings. The molecule has 0 aliphatic carbocycles. The van der Waals surface area contributed by atoms with E-state index in [1.807, 2.05) is 65.3 Å². The van der Waals surface area contributed by atoms with Crippen LogP contribution in [0.15, 0.2) is 55.0 Å². The van der Waals surface area contributed by atoms with Gasteiger partial charge in [0.2, 0.25) is 0 Å². The first-order chi connectivity index (χ1) is 12.7. The summed E-state index contributed by atoms with van der Waals surface area (Å²) in [5.74, 6) is 0.0709. The highest BCUT2D eigenvalue weighted by atomic mass is 16.2. The molecule has 2 aromatic heterocycles. The van der Waals surface area contributed by atoms with E-state index in [-0.39, 0.29) is 11.9 Å². The predicted molar refractivity (Wildman–Crippen MR) is 99.2 cm³/mol. The second-order valence-electron chi connectivity index (χ2n) is 6.78. The van der Waals surface area contributed by atoms with Crippen LogP contribution in [-0.2, 0) is 6.54 Å². The minimum Gasteiger partial charge on any atom is -0.334 e. The number of hydrogen-bond acceptors (Lipinski definition) is 3. The van der Waals surface area contributed by atoms with Gasteiger partial charge in [-0.25, -0.2) is 4.68 Å². The lowest BCUT2D eigenvalue weighted by Gasteiger charge is -2.35. The maximum atomic E-state index is 13.2. The van der Waals surface area contributed by atoms with Crippen molar-refractivity contribution in [2.75, 3.05) is 6.54 Å². The monoisotopic (exact) mass is 349 g/mol. The second-order valence-corrected chi connectivity index (χ2v) is 6.78. The maximum Gasteiger partial charge on any atom is 0.257 e. The van der Waals surface area contributed by atoms with E-state index in [1.165, 1.54) is 0 Å². The van der Waals surface area contributed by atoms with Crippen LogP contribution < -0.4 is 0 Å². The number of carbonyl (C=O) groups is 1. The zero-order valence-electron chi connectivity index (χ0n) is 15.0. The molecular weight excluding hydrogens is 326 g/mol. The number of rotatable bonds is 4. The SMILES string of the molecule is Cc1nn(-c2ccccc2)cc1C(=O)N1CCCC[C@@H]1Cn1cccn1. The lowest BCUT2D eigenvalue weighted by Crippen LogP contribution is -2.46. The fourth-order valence-electron chi connectivity index (χ4n) is 3.62. The molecule has 26 heavy (non-hydrogen) atoms. The Morgan fingerprint density at radius 2 is 2.04 bits per heavy atom. The minimum absolute atomic E-state index is 0.0709. The Kier molecular flexibility index (Phi) is 4.56. The summed E-state index contributed by atoms with van der Waals surface area (Å²) in [5, 5.41) is 8.85. The number of likely N-dealkylation sites (tertiary alicyclic amines) is 1. The topological polar surface area (TPSA) is 56.0 Å². The third kappa shape index (κ3) is 3.27. The Morgan fingerprint density at radius 1 is 1.19 bits per heavy atom. The fraction of sp³-hybridized carbons (Fsp3) is 0.350. The van der Waals surface area contributed by atoms with Gasteiger partial charge in [0, 0.05) is 25.1 Å². The summed E-state index contributed by atoms with van der Waals surface area (Å²) in [6, 6.07) is 12.0. The standard InChI is InChI=1S/C20H23N5O/c1-16-19(15-25(22-16)17-8-3-2-4-9-17)20(26)24-13-6-5-10-18(24)14-23-12-7-11-21-23/h2-4,7-9,11-12,15,18H,5-6,10,13-14H2,1H3/t18-/m1/s1. The smallest absolute Gasteiger partial charge is 0.257 e. The zero-order chi connectivity index (χ0) is 17.9. The lowest BCUT2D eigenvalue weighted by atomic mass is 10.0. The first kappa shape index (κ1) is 16.6. The Bertz CT molecular complexity index is 869. The molecule has 0 bridgehead atoms. The highest BCUT2D eigenvalue weighted by molar-refractivity contribution is 5.95. The van der Waals surface area contributed by atoms with E-state index in [1.54, 1.807) is 10.9 Å². The lowest BCUT2D eigenvalue weighted by molar-refractivity contribution is 0.0583. The van der Waals surface area contributed by atoms with Crippen LogP contribution in [0.25, 0.3) is 5.69 Å². The molecule has 1 aliphatic rings. The van der Waals surface area contributed by atoms with Crippen LogP contribution in [0.3, 0.4) is 0 Å². The van der Waals surface area contributed by atoms with Gasteiger partial charge in [-0.3, -0.25) is 9.48 Å². The van der Waals surface area contributed by atoms with Gasteiger partial charge in [0.25, 0.3) is 5.91 Å². The maximum absolute atomic E-state index is 13.2. The number of amides is 1. The zero-order valence-corrected chi connectivity index (χ0v) is 15.0. The second kappa shape index (κ2) is 7.15. The molecule has 4 rings (SSSR count). The average Bonchev–Trinajstić information content (AvgIpc) is 3.32. The van der Waals surface area contributed by atoms with Gasteiger partial charge in [0.1, 0.15) is 0 Å². The van der Waals surface area contributed by atoms with Crippen molar-refractivity contribution in [3.05, 3.63) is 66.2 Å². The number of benzene rings is 1. The van der Waals surface area contributed by atoms with Gasteiger partial charge in [-0.1, -0.05) is 18.2 Å². The summed E-state index contributed by atoms with van der Waals surface area (Å²) >= 11 is 0.